The standard InChI is InChI=1S/C80H156O17P2/c1-8-11-12-13-14-15-16-17-18-24-27-30-33-39-47-54-61-77(82)90-67-75(96-79(84)63-56-49-40-34-31-28-25-22-20-19-21-23-26-29-32-38-45-52-59-72(6)9-2)69-94-98(86,87)92-65-74(81)66-93-99(88,89)95-70-76(68-91-78(83)62-55-48-43-42-46-53-60-73(7)10-3)97-80(85)64-57-50-41-36-35-37-44-51-58-71(4)5/h71-76,81H,8-70H2,1-7H3,(H,86,87)(H,88,89)/t72?,73?,74-,75-,76-/m1/s1. The highest BCUT2D eigenvalue weighted by atomic mass is 31.2. The molecule has 0 aliphatic heterocycles. The normalized spacial score (nSPS) is 14.5. The molecule has 17 nitrogen and oxygen atoms in total. The smallest absolute Gasteiger partial charge is 0.462 e. The predicted molar refractivity (Wildman–Crippen MR) is 405 cm³/mol. The molecule has 0 radical (unpaired) electrons. The summed E-state index contributed by atoms with van der Waals surface area (Å²) in [4.78, 5) is 72.9. The number of unbranched alkanes of at least 4 members (excludes halogenated alkanes) is 44. The van der Waals surface area contributed by atoms with Crippen molar-refractivity contribution in [2.24, 2.45) is 17.8 Å². The molecule has 0 saturated heterocycles. The first-order valence-electron chi connectivity index (χ1n) is 41.4. The van der Waals surface area contributed by atoms with E-state index < -0.39 is 97.5 Å². The van der Waals surface area contributed by atoms with Crippen LogP contribution in [0.25, 0.3) is 0 Å². The Hall–Kier alpha value is -1.94. The van der Waals surface area contributed by atoms with Gasteiger partial charge in [0.1, 0.15) is 19.3 Å². The van der Waals surface area contributed by atoms with Crippen molar-refractivity contribution in [3.05, 3.63) is 0 Å². The van der Waals surface area contributed by atoms with Crippen molar-refractivity contribution in [3.8, 4) is 0 Å². The van der Waals surface area contributed by atoms with E-state index in [0.717, 1.165) is 114 Å². The van der Waals surface area contributed by atoms with Crippen LogP contribution in [0.2, 0.25) is 0 Å². The Labute approximate surface area is 607 Å². The molecule has 3 N–H and O–H groups in total. The number of ether oxygens (including phenoxy) is 4. The van der Waals surface area contributed by atoms with Crippen molar-refractivity contribution in [1.29, 1.82) is 0 Å². The van der Waals surface area contributed by atoms with Gasteiger partial charge in [-0.3, -0.25) is 37.3 Å². The lowest BCUT2D eigenvalue weighted by Gasteiger charge is -2.21. The van der Waals surface area contributed by atoms with E-state index in [1.54, 1.807) is 0 Å². The van der Waals surface area contributed by atoms with Crippen LogP contribution in [-0.2, 0) is 65.4 Å². The molecule has 0 aromatic rings. The van der Waals surface area contributed by atoms with Crippen LogP contribution >= 0.6 is 15.6 Å². The maximum Gasteiger partial charge on any atom is 0.472 e. The van der Waals surface area contributed by atoms with Gasteiger partial charge in [-0.1, -0.05) is 363 Å². The first-order valence-corrected chi connectivity index (χ1v) is 44.4. The van der Waals surface area contributed by atoms with Crippen LogP contribution in [0.3, 0.4) is 0 Å². The molecular formula is C80H156O17P2. The number of hydrogen-bond donors (Lipinski definition) is 3. The monoisotopic (exact) mass is 1450 g/mol. The molecule has 19 heteroatoms. The Morgan fingerprint density at radius 1 is 0.293 bits per heavy atom. The fraction of sp³-hybridized carbons (Fsp3) is 0.950. The Kier molecular flexibility index (Phi) is 69.0. The molecule has 7 atom stereocenters. The van der Waals surface area contributed by atoms with Gasteiger partial charge in [0.05, 0.1) is 26.4 Å². The molecule has 0 bridgehead atoms. The zero-order chi connectivity index (χ0) is 73.0. The highest BCUT2D eigenvalue weighted by Gasteiger charge is 2.30. The maximum absolute atomic E-state index is 13.1. The maximum atomic E-state index is 13.1. The van der Waals surface area contributed by atoms with Gasteiger partial charge in [-0.05, 0) is 43.4 Å². The second-order valence-corrected chi connectivity index (χ2v) is 32.7. The van der Waals surface area contributed by atoms with Crippen LogP contribution < -0.4 is 0 Å². The minimum atomic E-state index is -4.96. The largest absolute Gasteiger partial charge is 0.472 e. The zero-order valence-corrected chi connectivity index (χ0v) is 66.8. The molecule has 0 spiro atoms. The highest BCUT2D eigenvalue weighted by molar-refractivity contribution is 7.47. The van der Waals surface area contributed by atoms with Gasteiger partial charge in [0.2, 0.25) is 0 Å². The van der Waals surface area contributed by atoms with E-state index >= 15 is 0 Å². The van der Waals surface area contributed by atoms with Crippen LogP contribution in [0.5, 0.6) is 0 Å². The van der Waals surface area contributed by atoms with Crippen molar-refractivity contribution in [2.45, 2.75) is 433 Å². The van der Waals surface area contributed by atoms with E-state index in [2.05, 4.69) is 48.5 Å². The van der Waals surface area contributed by atoms with E-state index in [-0.39, 0.29) is 25.7 Å². The first kappa shape index (κ1) is 97.1. The third kappa shape index (κ3) is 71.5. The average molecular weight is 1450 g/mol. The Morgan fingerprint density at radius 3 is 0.768 bits per heavy atom. The van der Waals surface area contributed by atoms with Gasteiger partial charge in [-0.25, -0.2) is 9.13 Å². The van der Waals surface area contributed by atoms with E-state index in [0.29, 0.717) is 25.7 Å². The van der Waals surface area contributed by atoms with Crippen molar-refractivity contribution < 1.29 is 80.2 Å². The molecule has 0 aromatic carbocycles. The van der Waals surface area contributed by atoms with Crippen molar-refractivity contribution in [3.63, 3.8) is 0 Å². The minimum Gasteiger partial charge on any atom is -0.462 e. The van der Waals surface area contributed by atoms with E-state index in [4.69, 9.17) is 37.0 Å². The van der Waals surface area contributed by atoms with Gasteiger partial charge in [-0.2, -0.15) is 0 Å². The Bertz CT molecular complexity index is 1930. The average Bonchev–Trinajstić information content (AvgIpc) is 1.23. The van der Waals surface area contributed by atoms with Gasteiger partial charge in [0, 0.05) is 25.7 Å². The molecule has 0 aliphatic rings. The van der Waals surface area contributed by atoms with Gasteiger partial charge in [0.25, 0.3) is 0 Å². The molecule has 0 fully saturated rings. The number of rotatable bonds is 78. The second-order valence-electron chi connectivity index (χ2n) is 29.8. The third-order valence-corrected chi connectivity index (χ3v) is 21.3. The van der Waals surface area contributed by atoms with Gasteiger partial charge in [0.15, 0.2) is 12.2 Å². The molecule has 4 unspecified atom stereocenters. The Balaban J connectivity index is 5.20. The van der Waals surface area contributed by atoms with Crippen molar-refractivity contribution in [2.75, 3.05) is 39.6 Å². The molecule has 588 valence electrons. The predicted octanol–water partition coefficient (Wildman–Crippen LogP) is 23.7. The SMILES string of the molecule is CCCCCCCCCCCCCCCCCCC(=O)OC[C@H](COP(=O)(O)OC[C@@H](O)COP(=O)(O)OC[C@@H](COC(=O)CCCCCCCCC(C)CC)OC(=O)CCCCCCCCCCC(C)C)OC(=O)CCCCCCCCCCCCCCCCCCCCC(C)CC. The van der Waals surface area contributed by atoms with Crippen molar-refractivity contribution >= 4 is 39.5 Å². The Morgan fingerprint density at radius 2 is 0.515 bits per heavy atom. The lowest BCUT2D eigenvalue weighted by atomic mass is 9.99. The van der Waals surface area contributed by atoms with E-state index in [1.165, 1.54) is 218 Å². The van der Waals surface area contributed by atoms with Crippen LogP contribution in [0.4, 0.5) is 0 Å². The van der Waals surface area contributed by atoms with Crippen LogP contribution in [0, 0.1) is 17.8 Å². The third-order valence-electron chi connectivity index (χ3n) is 19.4. The lowest BCUT2D eigenvalue weighted by molar-refractivity contribution is -0.161. The summed E-state index contributed by atoms with van der Waals surface area (Å²) >= 11 is 0. The van der Waals surface area contributed by atoms with Gasteiger partial charge < -0.3 is 33.8 Å². The number of carbonyl (C=O) groups excluding carboxylic acids is 4. The summed E-state index contributed by atoms with van der Waals surface area (Å²) in [5.41, 5.74) is 0. The van der Waals surface area contributed by atoms with Crippen LogP contribution in [0.15, 0.2) is 0 Å². The summed E-state index contributed by atoms with van der Waals surface area (Å²) in [6.07, 6.45) is 58.4. The topological polar surface area (TPSA) is 237 Å². The summed E-state index contributed by atoms with van der Waals surface area (Å²) in [6, 6.07) is 0. The molecule has 0 rings (SSSR count). The molecule has 0 aromatic heterocycles. The van der Waals surface area contributed by atoms with E-state index in [9.17, 15) is 43.2 Å². The van der Waals surface area contributed by atoms with Crippen LogP contribution in [0.1, 0.15) is 414 Å². The molecule has 0 aliphatic carbocycles. The molecular weight excluding hydrogens is 1290 g/mol. The summed E-state index contributed by atoms with van der Waals surface area (Å²) in [5.74, 6) is 0.204. The van der Waals surface area contributed by atoms with Gasteiger partial charge >= 0.3 is 39.5 Å². The first-order chi connectivity index (χ1) is 47.8. The number of aliphatic hydroxyl groups is 1. The lowest BCUT2D eigenvalue weighted by Crippen LogP contribution is -2.30. The fourth-order valence-corrected chi connectivity index (χ4v) is 13.8. The number of aliphatic hydroxyl groups excluding tert-OH is 1. The molecule has 0 saturated carbocycles. The number of carbonyl (C=O) groups is 4. The summed E-state index contributed by atoms with van der Waals surface area (Å²) in [5, 5.41) is 10.6. The quantitative estimate of drug-likeness (QED) is 0.0222. The number of phosphoric ester groups is 2. The molecule has 0 heterocycles. The van der Waals surface area contributed by atoms with Crippen LogP contribution in [-0.4, -0.2) is 96.7 Å². The van der Waals surface area contributed by atoms with Gasteiger partial charge in [-0.15, -0.1) is 0 Å². The molecule has 99 heavy (non-hydrogen) atoms. The zero-order valence-electron chi connectivity index (χ0n) is 65.0. The van der Waals surface area contributed by atoms with E-state index in [1.807, 2.05) is 0 Å². The minimum absolute atomic E-state index is 0.104. The number of hydrogen-bond acceptors (Lipinski definition) is 15. The fourth-order valence-electron chi connectivity index (χ4n) is 12.2. The molecule has 0 amide bonds. The highest BCUT2D eigenvalue weighted by Crippen LogP contribution is 2.45. The summed E-state index contributed by atoms with van der Waals surface area (Å²) in [7, 11) is -9.92. The summed E-state index contributed by atoms with van der Waals surface area (Å²) in [6.45, 7) is 11.9. The second kappa shape index (κ2) is 70.4. The number of esters is 4. The number of phosphoric acid groups is 2. The summed E-state index contributed by atoms with van der Waals surface area (Å²) < 4.78 is 68.6. The van der Waals surface area contributed by atoms with Crippen molar-refractivity contribution in [1.82, 2.24) is 0 Å².